The second-order valence-corrected chi connectivity index (χ2v) is 4.47. The van der Waals surface area contributed by atoms with Gasteiger partial charge in [0, 0.05) is 24.4 Å². The first kappa shape index (κ1) is 16.0. The summed E-state index contributed by atoms with van der Waals surface area (Å²) in [5, 5.41) is 12.8. The second-order valence-electron chi connectivity index (χ2n) is 4.47. The summed E-state index contributed by atoms with van der Waals surface area (Å²) in [6, 6.07) is 3.63. The molecule has 0 saturated carbocycles. The van der Waals surface area contributed by atoms with Gasteiger partial charge in [-0.1, -0.05) is 38.0 Å². The van der Waals surface area contributed by atoms with E-state index in [4.69, 9.17) is 0 Å². The fourth-order valence-electron chi connectivity index (χ4n) is 1.78. The van der Waals surface area contributed by atoms with Crippen LogP contribution >= 0.6 is 0 Å². The zero-order chi connectivity index (χ0) is 14.8. The number of amides is 1. The number of nitrogens with one attached hydrogen (secondary N) is 1. The van der Waals surface area contributed by atoms with Crippen molar-refractivity contribution in [2.24, 2.45) is 0 Å². The second kappa shape index (κ2) is 8.91. The van der Waals surface area contributed by atoms with Crippen molar-refractivity contribution in [2.75, 3.05) is 6.54 Å². The fourth-order valence-corrected chi connectivity index (χ4v) is 1.78. The molecule has 2 N–H and O–H groups in total. The molecular weight excluding hydrogens is 252 g/mol. The fraction of sp³-hybridized carbons (Fsp3) is 0.375. The maximum Gasteiger partial charge on any atom is 0.247 e. The first-order chi connectivity index (χ1) is 9.69. The van der Waals surface area contributed by atoms with Gasteiger partial charge in [-0.05, 0) is 19.4 Å². The highest BCUT2D eigenvalue weighted by Crippen LogP contribution is 2.15. The van der Waals surface area contributed by atoms with Gasteiger partial charge in [0.15, 0.2) is 0 Å². The number of unbranched alkanes of at least 4 members (excludes halogenated alkanes) is 2. The largest absolute Gasteiger partial charge is 0.505 e. The number of hydrogen-bond acceptors (Lipinski definition) is 3. The molecule has 1 rings (SSSR count). The highest BCUT2D eigenvalue weighted by atomic mass is 16.3. The molecule has 0 bridgehead atoms. The third-order valence-corrected chi connectivity index (χ3v) is 2.78. The summed E-state index contributed by atoms with van der Waals surface area (Å²) < 4.78 is 0. The van der Waals surface area contributed by atoms with E-state index >= 15 is 0 Å². The van der Waals surface area contributed by atoms with Gasteiger partial charge in [0.25, 0.3) is 0 Å². The minimum atomic E-state index is -0.296. The van der Waals surface area contributed by atoms with E-state index in [-0.39, 0.29) is 11.7 Å². The van der Waals surface area contributed by atoms with Crippen molar-refractivity contribution in [1.82, 2.24) is 10.3 Å². The summed E-state index contributed by atoms with van der Waals surface area (Å²) in [5.74, 6) is -0.414. The van der Waals surface area contributed by atoms with Gasteiger partial charge in [0.05, 0.1) is 0 Å². The Balaban J connectivity index is 2.71. The number of aromatic nitrogens is 1. The Labute approximate surface area is 120 Å². The van der Waals surface area contributed by atoms with Gasteiger partial charge in [-0.2, -0.15) is 0 Å². The molecule has 1 heterocycles. The van der Waals surface area contributed by atoms with Crippen molar-refractivity contribution in [2.45, 2.75) is 33.1 Å². The standard InChI is InChI=1S/C16H22N2O2/c1-3-5-6-10-17-15(20)12-14(19)16-13(8-4-2)9-7-11-18-16/h4,7-9,11-12,19H,3,5-6,10H2,1-2H3,(H,17,20)/b8-4-,14-12-. The van der Waals surface area contributed by atoms with Crippen molar-refractivity contribution in [3.8, 4) is 0 Å². The molecule has 1 aromatic heterocycles. The van der Waals surface area contributed by atoms with Gasteiger partial charge in [-0.15, -0.1) is 0 Å². The van der Waals surface area contributed by atoms with Gasteiger partial charge >= 0.3 is 0 Å². The Morgan fingerprint density at radius 1 is 1.45 bits per heavy atom. The topological polar surface area (TPSA) is 62.2 Å². The molecule has 0 spiro atoms. The number of carbonyl (C=O) groups excluding carboxylic acids is 1. The highest BCUT2D eigenvalue weighted by Gasteiger charge is 2.07. The quantitative estimate of drug-likeness (QED) is 0.455. The Morgan fingerprint density at radius 3 is 2.95 bits per heavy atom. The number of nitrogens with zero attached hydrogens (tertiary/aromatic N) is 1. The van der Waals surface area contributed by atoms with E-state index in [2.05, 4.69) is 17.2 Å². The van der Waals surface area contributed by atoms with Crippen molar-refractivity contribution >= 4 is 17.7 Å². The minimum absolute atomic E-state index is 0.119. The maximum absolute atomic E-state index is 11.7. The number of allylic oxidation sites excluding steroid dienone is 1. The van der Waals surface area contributed by atoms with Gasteiger partial charge < -0.3 is 10.4 Å². The van der Waals surface area contributed by atoms with Crippen LogP contribution in [0.3, 0.4) is 0 Å². The lowest BCUT2D eigenvalue weighted by Crippen LogP contribution is -2.22. The highest BCUT2D eigenvalue weighted by molar-refractivity contribution is 5.93. The summed E-state index contributed by atoms with van der Waals surface area (Å²) >= 11 is 0. The van der Waals surface area contributed by atoms with E-state index in [0.717, 1.165) is 24.8 Å². The van der Waals surface area contributed by atoms with Crippen molar-refractivity contribution in [1.29, 1.82) is 0 Å². The van der Waals surface area contributed by atoms with Crippen LogP contribution in [0.1, 0.15) is 44.4 Å². The summed E-state index contributed by atoms with van der Waals surface area (Å²) in [4.78, 5) is 15.8. The van der Waals surface area contributed by atoms with Crippen molar-refractivity contribution in [3.63, 3.8) is 0 Å². The SMILES string of the molecule is C/C=C\c1cccnc1/C(O)=C/C(=O)NCCCCC. The predicted molar refractivity (Wildman–Crippen MR) is 82.1 cm³/mol. The van der Waals surface area contributed by atoms with E-state index in [1.54, 1.807) is 12.3 Å². The van der Waals surface area contributed by atoms with Crippen LogP contribution in [-0.2, 0) is 4.79 Å². The molecule has 0 radical (unpaired) electrons. The van der Waals surface area contributed by atoms with E-state index in [1.807, 2.05) is 25.1 Å². The van der Waals surface area contributed by atoms with Crippen LogP contribution in [0.25, 0.3) is 11.8 Å². The third-order valence-electron chi connectivity index (χ3n) is 2.78. The van der Waals surface area contributed by atoms with Crippen LogP contribution in [0.5, 0.6) is 0 Å². The molecule has 1 amide bonds. The molecule has 0 unspecified atom stereocenters. The molecule has 20 heavy (non-hydrogen) atoms. The smallest absolute Gasteiger partial charge is 0.247 e. The molecule has 4 heteroatoms. The van der Waals surface area contributed by atoms with E-state index in [9.17, 15) is 9.90 Å². The first-order valence-corrected chi connectivity index (χ1v) is 6.95. The lowest BCUT2D eigenvalue weighted by Gasteiger charge is -2.05. The summed E-state index contributed by atoms with van der Waals surface area (Å²) in [6.07, 6.45) is 9.61. The molecule has 4 nitrogen and oxygen atoms in total. The molecule has 1 aromatic rings. The van der Waals surface area contributed by atoms with Gasteiger partial charge in [0.1, 0.15) is 11.5 Å². The van der Waals surface area contributed by atoms with Gasteiger partial charge in [-0.3, -0.25) is 9.78 Å². The number of rotatable bonds is 7. The van der Waals surface area contributed by atoms with Gasteiger partial charge in [-0.25, -0.2) is 0 Å². The monoisotopic (exact) mass is 274 g/mol. The zero-order valence-corrected chi connectivity index (χ0v) is 12.1. The number of pyridine rings is 1. The van der Waals surface area contributed by atoms with Crippen LogP contribution in [0.15, 0.2) is 30.5 Å². The predicted octanol–water partition coefficient (Wildman–Crippen LogP) is 3.32. The van der Waals surface area contributed by atoms with E-state index in [1.165, 1.54) is 6.08 Å². The van der Waals surface area contributed by atoms with Crippen molar-refractivity contribution in [3.05, 3.63) is 41.7 Å². The number of hydrogen-bond donors (Lipinski definition) is 2. The van der Waals surface area contributed by atoms with Crippen LogP contribution < -0.4 is 5.32 Å². The molecular formula is C16H22N2O2. The summed E-state index contributed by atoms with van der Waals surface area (Å²) in [5.41, 5.74) is 1.19. The molecule has 0 aliphatic rings. The average molecular weight is 274 g/mol. The van der Waals surface area contributed by atoms with Gasteiger partial charge in [0.2, 0.25) is 5.91 Å². The zero-order valence-electron chi connectivity index (χ0n) is 12.1. The summed E-state index contributed by atoms with van der Waals surface area (Å²) in [7, 11) is 0. The Bertz CT molecular complexity index is 493. The minimum Gasteiger partial charge on any atom is -0.505 e. The third kappa shape index (κ3) is 5.26. The number of carbonyl (C=O) groups is 1. The van der Waals surface area contributed by atoms with Crippen LogP contribution in [0.2, 0.25) is 0 Å². The van der Waals surface area contributed by atoms with E-state index < -0.39 is 0 Å². The summed E-state index contributed by atoms with van der Waals surface area (Å²) in [6.45, 7) is 4.62. The molecule has 0 aliphatic carbocycles. The Kier molecular flexibility index (Phi) is 7.11. The van der Waals surface area contributed by atoms with Crippen molar-refractivity contribution < 1.29 is 9.90 Å². The Hall–Kier alpha value is -2.10. The number of aliphatic hydroxyl groups excluding tert-OH is 1. The molecule has 0 atom stereocenters. The van der Waals surface area contributed by atoms with Crippen LogP contribution in [0, 0.1) is 0 Å². The molecule has 0 fully saturated rings. The van der Waals surface area contributed by atoms with Crippen LogP contribution in [-0.4, -0.2) is 22.5 Å². The molecule has 0 aromatic carbocycles. The van der Waals surface area contributed by atoms with Crippen LogP contribution in [0.4, 0.5) is 0 Å². The first-order valence-electron chi connectivity index (χ1n) is 6.95. The Morgan fingerprint density at radius 2 is 2.25 bits per heavy atom. The molecule has 108 valence electrons. The molecule has 0 aliphatic heterocycles. The number of aliphatic hydroxyl groups is 1. The average Bonchev–Trinajstić information content (AvgIpc) is 2.44. The molecule has 0 saturated heterocycles. The normalized spacial score (nSPS) is 11.8. The lowest BCUT2D eigenvalue weighted by atomic mass is 10.1. The lowest BCUT2D eigenvalue weighted by molar-refractivity contribution is -0.116. The maximum atomic E-state index is 11.7. The van der Waals surface area contributed by atoms with E-state index in [0.29, 0.717) is 12.2 Å².